The second kappa shape index (κ2) is 3.31. The Labute approximate surface area is 76.5 Å². The molecule has 1 aromatic rings. The lowest BCUT2D eigenvalue weighted by atomic mass is 10.1. The maximum absolute atomic E-state index is 13.0. The molecular weight excluding hydrogens is 230 g/mol. The van der Waals surface area contributed by atoms with Gasteiger partial charge in [-0.05, 0) is 35.0 Å². The molecule has 0 aromatic heterocycles. The van der Waals surface area contributed by atoms with Crippen molar-refractivity contribution in [1.29, 1.82) is 0 Å². The monoisotopic (exact) mass is 234 g/mol. The zero-order valence-electron chi connectivity index (χ0n) is 6.20. The molecule has 0 N–H and O–H groups in total. The molecular formula is C8H5BrF2O. The van der Waals surface area contributed by atoms with E-state index in [0.717, 1.165) is 12.1 Å². The fourth-order valence-electron chi connectivity index (χ4n) is 0.812. The zero-order valence-corrected chi connectivity index (χ0v) is 7.78. The fraction of sp³-hybridized carbons (Fsp3) is 0.125. The third-order valence-corrected chi connectivity index (χ3v) is 1.95. The first-order valence-electron chi connectivity index (χ1n) is 3.18. The van der Waals surface area contributed by atoms with Gasteiger partial charge in [0.25, 0.3) is 0 Å². The third-order valence-electron chi connectivity index (χ3n) is 1.37. The fourth-order valence-corrected chi connectivity index (χ4v) is 1.24. The van der Waals surface area contributed by atoms with Crippen LogP contribution in [-0.2, 0) is 0 Å². The normalized spacial score (nSPS) is 10.0. The minimum atomic E-state index is -0.719. The highest BCUT2D eigenvalue weighted by Gasteiger charge is 2.12. The lowest BCUT2D eigenvalue weighted by Gasteiger charge is -2.00. The van der Waals surface area contributed by atoms with Crippen LogP contribution in [0.25, 0.3) is 0 Å². The average Bonchev–Trinajstić information content (AvgIpc) is 1.96. The summed E-state index contributed by atoms with van der Waals surface area (Å²) in [5, 5.41) is 0. The van der Waals surface area contributed by atoms with Crippen LogP contribution >= 0.6 is 15.9 Å². The van der Waals surface area contributed by atoms with Crippen LogP contribution in [0.4, 0.5) is 8.78 Å². The van der Waals surface area contributed by atoms with Crippen LogP contribution in [0.5, 0.6) is 0 Å². The molecule has 1 aromatic carbocycles. The van der Waals surface area contributed by atoms with Gasteiger partial charge in [-0.25, -0.2) is 8.78 Å². The summed E-state index contributed by atoms with van der Waals surface area (Å²) < 4.78 is 25.6. The molecule has 12 heavy (non-hydrogen) atoms. The number of hydrogen-bond donors (Lipinski definition) is 0. The van der Waals surface area contributed by atoms with Crippen molar-refractivity contribution in [2.45, 2.75) is 6.92 Å². The van der Waals surface area contributed by atoms with Crippen LogP contribution in [0.15, 0.2) is 16.6 Å². The summed E-state index contributed by atoms with van der Waals surface area (Å²) >= 11 is 2.80. The van der Waals surface area contributed by atoms with E-state index in [1.807, 2.05) is 0 Å². The average molecular weight is 235 g/mol. The predicted molar refractivity (Wildman–Crippen MR) is 44.1 cm³/mol. The van der Waals surface area contributed by atoms with Crippen LogP contribution in [0.3, 0.4) is 0 Å². The van der Waals surface area contributed by atoms with Gasteiger partial charge in [-0.3, -0.25) is 4.79 Å². The van der Waals surface area contributed by atoms with E-state index in [9.17, 15) is 13.6 Å². The van der Waals surface area contributed by atoms with Crippen molar-refractivity contribution >= 4 is 21.7 Å². The van der Waals surface area contributed by atoms with Crippen LogP contribution in [0.1, 0.15) is 17.3 Å². The Bertz CT molecular complexity index is 336. The standard InChI is InChI=1S/C8H5BrF2O/c1-4(12)6-2-5(10)3-7(9)8(6)11/h2-3H,1H3. The summed E-state index contributed by atoms with van der Waals surface area (Å²) in [7, 11) is 0. The van der Waals surface area contributed by atoms with E-state index in [1.54, 1.807) is 0 Å². The van der Waals surface area contributed by atoms with Crippen LogP contribution in [0.2, 0.25) is 0 Å². The molecule has 0 saturated carbocycles. The van der Waals surface area contributed by atoms with E-state index in [4.69, 9.17) is 0 Å². The molecule has 0 heterocycles. The Morgan fingerprint density at radius 3 is 2.50 bits per heavy atom. The smallest absolute Gasteiger partial charge is 0.162 e. The molecule has 0 radical (unpaired) electrons. The zero-order chi connectivity index (χ0) is 9.30. The van der Waals surface area contributed by atoms with Gasteiger partial charge >= 0.3 is 0 Å². The van der Waals surface area contributed by atoms with Crippen molar-refractivity contribution < 1.29 is 13.6 Å². The largest absolute Gasteiger partial charge is 0.294 e. The Kier molecular flexibility index (Phi) is 2.57. The van der Waals surface area contributed by atoms with E-state index in [0.29, 0.717) is 0 Å². The van der Waals surface area contributed by atoms with Crippen molar-refractivity contribution in [1.82, 2.24) is 0 Å². The Morgan fingerprint density at radius 2 is 2.00 bits per heavy atom. The number of carbonyl (C=O) groups is 1. The quantitative estimate of drug-likeness (QED) is 0.540. The van der Waals surface area contributed by atoms with E-state index in [1.165, 1.54) is 6.92 Å². The Morgan fingerprint density at radius 1 is 1.42 bits per heavy atom. The Hall–Kier alpha value is -0.770. The van der Waals surface area contributed by atoms with Gasteiger partial charge in [0.2, 0.25) is 0 Å². The summed E-state index contributed by atoms with van der Waals surface area (Å²) in [6, 6.07) is 1.85. The van der Waals surface area contributed by atoms with E-state index in [-0.39, 0.29) is 10.0 Å². The van der Waals surface area contributed by atoms with Gasteiger partial charge in [0, 0.05) is 0 Å². The van der Waals surface area contributed by atoms with Crippen molar-refractivity contribution in [2.75, 3.05) is 0 Å². The van der Waals surface area contributed by atoms with E-state index in [2.05, 4.69) is 15.9 Å². The summed E-state index contributed by atoms with van der Waals surface area (Å²) in [6.07, 6.45) is 0. The molecule has 0 aliphatic heterocycles. The highest BCUT2D eigenvalue weighted by Crippen LogP contribution is 2.20. The lowest BCUT2D eigenvalue weighted by Crippen LogP contribution is -1.98. The molecule has 0 atom stereocenters. The molecule has 0 amide bonds. The summed E-state index contributed by atoms with van der Waals surface area (Å²) in [4.78, 5) is 10.7. The second-order valence-electron chi connectivity index (χ2n) is 2.31. The number of ketones is 1. The molecule has 0 aliphatic carbocycles. The molecule has 0 aliphatic rings. The SMILES string of the molecule is CC(=O)c1cc(F)cc(Br)c1F. The highest BCUT2D eigenvalue weighted by molar-refractivity contribution is 9.10. The molecule has 1 rings (SSSR count). The number of carbonyl (C=O) groups excluding carboxylic acids is 1. The number of Topliss-reactive ketones (excluding diaryl/α,β-unsaturated/α-hetero) is 1. The Balaban J connectivity index is 3.37. The number of benzene rings is 1. The molecule has 0 spiro atoms. The summed E-state index contributed by atoms with van der Waals surface area (Å²) in [5.41, 5.74) is -0.234. The van der Waals surface area contributed by atoms with Gasteiger partial charge in [-0.2, -0.15) is 0 Å². The molecule has 0 bridgehead atoms. The summed E-state index contributed by atoms with van der Waals surface area (Å²) in [6.45, 7) is 1.18. The van der Waals surface area contributed by atoms with Crippen LogP contribution in [0, 0.1) is 11.6 Å². The molecule has 64 valence electrons. The van der Waals surface area contributed by atoms with Crippen LogP contribution in [-0.4, -0.2) is 5.78 Å². The van der Waals surface area contributed by atoms with Gasteiger partial charge in [0.05, 0.1) is 10.0 Å². The number of halogens is 3. The highest BCUT2D eigenvalue weighted by atomic mass is 79.9. The maximum atomic E-state index is 13.0. The minimum Gasteiger partial charge on any atom is -0.294 e. The van der Waals surface area contributed by atoms with Gasteiger partial charge in [-0.15, -0.1) is 0 Å². The molecule has 0 saturated heterocycles. The first kappa shape index (κ1) is 9.32. The molecule has 0 fully saturated rings. The van der Waals surface area contributed by atoms with Gasteiger partial charge < -0.3 is 0 Å². The van der Waals surface area contributed by atoms with Gasteiger partial charge in [-0.1, -0.05) is 0 Å². The summed E-state index contributed by atoms with van der Waals surface area (Å²) in [5.74, 6) is -1.84. The van der Waals surface area contributed by atoms with Crippen molar-refractivity contribution in [2.24, 2.45) is 0 Å². The number of rotatable bonds is 1. The third kappa shape index (κ3) is 1.69. The van der Waals surface area contributed by atoms with Crippen molar-refractivity contribution in [3.8, 4) is 0 Å². The molecule has 0 unspecified atom stereocenters. The van der Waals surface area contributed by atoms with E-state index < -0.39 is 17.4 Å². The lowest BCUT2D eigenvalue weighted by molar-refractivity contribution is 0.101. The van der Waals surface area contributed by atoms with Crippen LogP contribution < -0.4 is 0 Å². The first-order valence-corrected chi connectivity index (χ1v) is 3.97. The second-order valence-corrected chi connectivity index (χ2v) is 3.16. The predicted octanol–water partition coefficient (Wildman–Crippen LogP) is 2.93. The number of hydrogen-bond acceptors (Lipinski definition) is 1. The van der Waals surface area contributed by atoms with Gasteiger partial charge in [0.1, 0.15) is 11.6 Å². The molecule has 4 heteroatoms. The topological polar surface area (TPSA) is 17.1 Å². The van der Waals surface area contributed by atoms with Crippen molar-refractivity contribution in [3.05, 3.63) is 33.8 Å². The maximum Gasteiger partial charge on any atom is 0.162 e. The van der Waals surface area contributed by atoms with Crippen molar-refractivity contribution in [3.63, 3.8) is 0 Å². The minimum absolute atomic E-state index is 0.0345. The first-order chi connectivity index (χ1) is 5.52. The molecule has 1 nitrogen and oxygen atoms in total. The van der Waals surface area contributed by atoms with E-state index >= 15 is 0 Å². The van der Waals surface area contributed by atoms with Gasteiger partial charge in [0.15, 0.2) is 5.78 Å².